The molecule has 0 bridgehead atoms. The molecule has 32 heavy (non-hydrogen) atoms. The second-order valence-corrected chi connectivity index (χ2v) is 8.07. The van der Waals surface area contributed by atoms with Gasteiger partial charge in [-0.1, -0.05) is 29.3 Å². The third-order valence-electron chi connectivity index (χ3n) is 5.27. The minimum Gasteiger partial charge on any atom is -0.467 e. The number of aryl methyl sites for hydroxylation is 1. The largest absolute Gasteiger partial charge is 0.467 e. The molecule has 1 aromatic heterocycles. The summed E-state index contributed by atoms with van der Waals surface area (Å²) in [6, 6.07) is 17.5. The summed E-state index contributed by atoms with van der Waals surface area (Å²) in [7, 11) is 0. The van der Waals surface area contributed by atoms with Crippen molar-refractivity contribution in [2.45, 2.75) is 13.5 Å². The Bertz CT molecular complexity index is 1110. The maximum Gasteiger partial charge on any atom is 0.254 e. The van der Waals surface area contributed by atoms with E-state index in [1.807, 2.05) is 19.1 Å². The van der Waals surface area contributed by atoms with Gasteiger partial charge in [-0.3, -0.25) is 19.3 Å². The number of amides is 3. The Morgan fingerprint density at radius 1 is 1.06 bits per heavy atom. The van der Waals surface area contributed by atoms with Crippen LogP contribution in [0.2, 0.25) is 5.02 Å². The topological polar surface area (TPSA) is 74.1 Å². The quantitative estimate of drug-likeness (QED) is 0.572. The molecule has 2 heterocycles. The van der Waals surface area contributed by atoms with Crippen molar-refractivity contribution in [1.82, 2.24) is 9.80 Å². The van der Waals surface area contributed by atoms with E-state index in [-0.39, 0.29) is 44.0 Å². The van der Waals surface area contributed by atoms with Crippen molar-refractivity contribution in [1.29, 1.82) is 0 Å². The molecule has 2 aromatic carbocycles. The maximum atomic E-state index is 13.1. The third kappa shape index (κ3) is 4.84. The fraction of sp³-hybridized carbons (Fsp3) is 0.208. The minimum absolute atomic E-state index is 0.0469. The van der Waals surface area contributed by atoms with E-state index in [1.165, 1.54) is 21.0 Å². The lowest BCUT2D eigenvalue weighted by Crippen LogP contribution is -2.42. The molecule has 0 aliphatic carbocycles. The van der Waals surface area contributed by atoms with E-state index in [0.29, 0.717) is 22.0 Å². The number of hydrogen-bond acceptors (Lipinski definition) is 4. The van der Waals surface area contributed by atoms with Gasteiger partial charge in [-0.15, -0.1) is 0 Å². The van der Waals surface area contributed by atoms with E-state index < -0.39 is 0 Å². The molecule has 1 fully saturated rings. The number of hydrogen-bond donors (Lipinski definition) is 0. The van der Waals surface area contributed by atoms with E-state index in [1.54, 1.807) is 48.5 Å². The lowest BCUT2D eigenvalue weighted by Gasteiger charge is -2.24. The van der Waals surface area contributed by atoms with Gasteiger partial charge in [-0.25, -0.2) is 0 Å². The van der Waals surface area contributed by atoms with Crippen LogP contribution in [0, 0.1) is 6.92 Å². The molecule has 4 rings (SSSR count). The van der Waals surface area contributed by atoms with Gasteiger partial charge in [0.25, 0.3) is 5.91 Å². The Labute approximate surface area is 190 Å². The monoisotopic (exact) mass is 451 g/mol. The molecule has 1 aliphatic rings. The molecule has 8 heteroatoms. The highest BCUT2D eigenvalue weighted by Gasteiger charge is 2.33. The standard InChI is InChI=1S/C24H22ClN3O4/c1-17-4-6-18(7-5-17)24(31)26(13-21-3-2-12-32-21)14-22(29)27-15-23(30)28(16-27)20-10-8-19(25)9-11-20/h2-12H,13-16H2,1H3. The maximum absolute atomic E-state index is 13.1. The molecule has 1 saturated heterocycles. The first kappa shape index (κ1) is 21.6. The van der Waals surface area contributed by atoms with E-state index in [0.717, 1.165) is 5.56 Å². The number of halogens is 1. The highest BCUT2D eigenvalue weighted by molar-refractivity contribution is 6.30. The van der Waals surface area contributed by atoms with Gasteiger partial charge in [0.2, 0.25) is 11.8 Å². The highest BCUT2D eigenvalue weighted by atomic mass is 35.5. The molecule has 7 nitrogen and oxygen atoms in total. The predicted octanol–water partition coefficient (Wildman–Crippen LogP) is 3.72. The Morgan fingerprint density at radius 2 is 1.78 bits per heavy atom. The van der Waals surface area contributed by atoms with E-state index in [2.05, 4.69) is 0 Å². The second kappa shape index (κ2) is 9.28. The van der Waals surface area contributed by atoms with Crippen LogP contribution < -0.4 is 4.90 Å². The zero-order chi connectivity index (χ0) is 22.7. The van der Waals surface area contributed by atoms with Crippen LogP contribution in [0.1, 0.15) is 21.7 Å². The molecular formula is C24H22ClN3O4. The van der Waals surface area contributed by atoms with Crippen molar-refractivity contribution < 1.29 is 18.8 Å². The molecular weight excluding hydrogens is 430 g/mol. The van der Waals surface area contributed by atoms with Gasteiger partial charge < -0.3 is 14.2 Å². The van der Waals surface area contributed by atoms with E-state index >= 15 is 0 Å². The molecule has 0 saturated carbocycles. The predicted molar refractivity (Wildman–Crippen MR) is 120 cm³/mol. The number of anilines is 1. The third-order valence-corrected chi connectivity index (χ3v) is 5.52. The van der Waals surface area contributed by atoms with E-state index in [4.69, 9.17) is 16.0 Å². The fourth-order valence-corrected chi connectivity index (χ4v) is 3.62. The van der Waals surface area contributed by atoms with Crippen molar-refractivity contribution in [3.8, 4) is 0 Å². The Hall–Kier alpha value is -3.58. The number of rotatable bonds is 6. The molecule has 0 radical (unpaired) electrons. The van der Waals surface area contributed by atoms with Crippen LogP contribution in [0.3, 0.4) is 0 Å². The van der Waals surface area contributed by atoms with Crippen molar-refractivity contribution in [3.05, 3.63) is 88.8 Å². The normalized spacial score (nSPS) is 13.5. The smallest absolute Gasteiger partial charge is 0.254 e. The first-order valence-corrected chi connectivity index (χ1v) is 10.5. The fourth-order valence-electron chi connectivity index (χ4n) is 3.49. The Morgan fingerprint density at radius 3 is 2.44 bits per heavy atom. The number of carbonyl (C=O) groups is 3. The van der Waals surface area contributed by atoms with Crippen molar-refractivity contribution >= 4 is 35.0 Å². The zero-order valence-electron chi connectivity index (χ0n) is 17.5. The van der Waals surface area contributed by atoms with Gasteiger partial charge in [-0.05, 0) is 55.5 Å². The van der Waals surface area contributed by atoms with Gasteiger partial charge in [0, 0.05) is 16.3 Å². The van der Waals surface area contributed by atoms with Crippen LogP contribution in [0.5, 0.6) is 0 Å². The lowest BCUT2D eigenvalue weighted by molar-refractivity contribution is -0.132. The summed E-state index contributed by atoms with van der Waals surface area (Å²) in [4.78, 5) is 43.1. The van der Waals surface area contributed by atoms with Crippen molar-refractivity contribution in [2.75, 3.05) is 24.7 Å². The molecule has 0 N–H and O–H groups in total. The van der Waals surface area contributed by atoms with Crippen LogP contribution in [0.25, 0.3) is 0 Å². The van der Waals surface area contributed by atoms with Crippen molar-refractivity contribution in [3.63, 3.8) is 0 Å². The Balaban J connectivity index is 1.49. The number of benzene rings is 2. The molecule has 1 aliphatic heterocycles. The lowest BCUT2D eigenvalue weighted by atomic mass is 10.1. The van der Waals surface area contributed by atoms with Crippen LogP contribution in [-0.2, 0) is 16.1 Å². The summed E-state index contributed by atoms with van der Waals surface area (Å²) < 4.78 is 5.39. The van der Waals surface area contributed by atoms with Gasteiger partial charge in [0.05, 0.1) is 12.8 Å². The van der Waals surface area contributed by atoms with Gasteiger partial charge >= 0.3 is 0 Å². The molecule has 164 valence electrons. The SMILES string of the molecule is Cc1ccc(C(=O)N(CC(=O)N2CC(=O)N(c3ccc(Cl)cc3)C2)Cc2ccco2)cc1. The molecule has 0 spiro atoms. The van der Waals surface area contributed by atoms with E-state index in [9.17, 15) is 14.4 Å². The molecule has 0 atom stereocenters. The molecule has 3 aromatic rings. The zero-order valence-corrected chi connectivity index (χ0v) is 18.3. The van der Waals surface area contributed by atoms with Crippen LogP contribution in [-0.4, -0.2) is 47.3 Å². The first-order valence-electron chi connectivity index (χ1n) is 10.1. The second-order valence-electron chi connectivity index (χ2n) is 7.64. The minimum atomic E-state index is -0.318. The van der Waals surface area contributed by atoms with Gasteiger partial charge in [0.15, 0.2) is 0 Å². The summed E-state index contributed by atoms with van der Waals surface area (Å²) in [6.07, 6.45) is 1.52. The summed E-state index contributed by atoms with van der Waals surface area (Å²) in [5.74, 6) is -0.224. The van der Waals surface area contributed by atoms with Crippen molar-refractivity contribution in [2.24, 2.45) is 0 Å². The first-order chi connectivity index (χ1) is 15.4. The average molecular weight is 452 g/mol. The summed E-state index contributed by atoms with van der Waals surface area (Å²) in [5.41, 5.74) is 2.18. The molecule has 3 amide bonds. The summed E-state index contributed by atoms with van der Waals surface area (Å²) in [6.45, 7) is 1.99. The van der Waals surface area contributed by atoms with Crippen LogP contribution in [0.4, 0.5) is 5.69 Å². The Kier molecular flexibility index (Phi) is 6.28. The van der Waals surface area contributed by atoms with Gasteiger partial charge in [-0.2, -0.15) is 0 Å². The highest BCUT2D eigenvalue weighted by Crippen LogP contribution is 2.22. The average Bonchev–Trinajstić information content (AvgIpc) is 3.43. The number of furan rings is 1. The summed E-state index contributed by atoms with van der Waals surface area (Å²) in [5, 5.41) is 0.566. The number of nitrogens with zero attached hydrogens (tertiary/aromatic N) is 3. The molecule has 0 unspecified atom stereocenters. The van der Waals surface area contributed by atoms with Crippen LogP contribution >= 0.6 is 11.6 Å². The number of carbonyl (C=O) groups excluding carboxylic acids is 3. The van der Waals surface area contributed by atoms with Gasteiger partial charge in [0.1, 0.15) is 25.5 Å². The van der Waals surface area contributed by atoms with Crippen LogP contribution in [0.15, 0.2) is 71.3 Å². The summed E-state index contributed by atoms with van der Waals surface area (Å²) >= 11 is 5.93.